The van der Waals surface area contributed by atoms with E-state index in [2.05, 4.69) is 5.32 Å². The van der Waals surface area contributed by atoms with Crippen molar-refractivity contribution in [3.8, 4) is 0 Å². The molecule has 0 aromatic heterocycles. The van der Waals surface area contributed by atoms with Gasteiger partial charge in [-0.1, -0.05) is 13.0 Å². The summed E-state index contributed by atoms with van der Waals surface area (Å²) in [6.07, 6.45) is -0.146. The highest BCUT2D eigenvalue weighted by Gasteiger charge is 2.38. The molecular formula is C15H20N4O4. The number of likely N-dealkylation sites (tertiary alicyclic amines) is 1. The first-order valence-corrected chi connectivity index (χ1v) is 7.22. The molecule has 1 heterocycles. The van der Waals surface area contributed by atoms with Gasteiger partial charge < -0.3 is 26.8 Å². The normalized spacial score (nSPS) is 16.7. The van der Waals surface area contributed by atoms with Crippen molar-refractivity contribution in [1.82, 2.24) is 4.90 Å². The molecule has 0 atom stereocenters. The van der Waals surface area contributed by atoms with E-state index in [4.69, 9.17) is 16.6 Å². The van der Waals surface area contributed by atoms with Gasteiger partial charge in [-0.25, -0.2) is 4.79 Å². The zero-order chi connectivity index (χ0) is 17.2. The molecule has 1 aliphatic heterocycles. The quantitative estimate of drug-likeness (QED) is 0.617. The fraction of sp³-hybridized carbons (Fsp3) is 0.400. The van der Waals surface area contributed by atoms with Crippen molar-refractivity contribution in [2.45, 2.75) is 19.8 Å². The van der Waals surface area contributed by atoms with Gasteiger partial charge in [-0.15, -0.1) is 0 Å². The van der Waals surface area contributed by atoms with Gasteiger partial charge in [0.1, 0.15) is 0 Å². The largest absolute Gasteiger partial charge is 0.465 e. The van der Waals surface area contributed by atoms with E-state index in [0.717, 1.165) is 0 Å². The smallest absolute Gasteiger partial charge is 0.407 e. The average Bonchev–Trinajstić information content (AvgIpc) is 2.49. The number of rotatable bonds is 3. The van der Waals surface area contributed by atoms with Crippen LogP contribution < -0.4 is 16.8 Å². The maximum Gasteiger partial charge on any atom is 0.407 e. The monoisotopic (exact) mass is 320 g/mol. The fourth-order valence-corrected chi connectivity index (χ4v) is 2.58. The summed E-state index contributed by atoms with van der Waals surface area (Å²) in [6, 6.07) is 4.66. The minimum absolute atomic E-state index is 0.125. The van der Waals surface area contributed by atoms with Crippen molar-refractivity contribution in [3.05, 3.63) is 23.8 Å². The number of nitrogens with one attached hydrogen (secondary N) is 1. The molecule has 0 aliphatic carbocycles. The number of anilines is 2. The molecule has 1 aromatic rings. The van der Waals surface area contributed by atoms with Crippen molar-refractivity contribution < 1.29 is 19.5 Å². The summed E-state index contributed by atoms with van der Waals surface area (Å²) in [5.74, 6) is -0.921. The van der Waals surface area contributed by atoms with Gasteiger partial charge >= 0.3 is 6.09 Å². The van der Waals surface area contributed by atoms with Crippen LogP contribution in [0.25, 0.3) is 0 Å². The Hall–Kier alpha value is -2.77. The lowest BCUT2D eigenvalue weighted by atomic mass is 9.79. The Balaban J connectivity index is 2.12. The van der Waals surface area contributed by atoms with E-state index in [1.54, 1.807) is 19.1 Å². The lowest BCUT2D eigenvalue weighted by Crippen LogP contribution is -2.46. The maximum absolute atomic E-state index is 12.6. The number of benzene rings is 1. The van der Waals surface area contributed by atoms with Crippen molar-refractivity contribution in [1.29, 1.82) is 0 Å². The molecule has 1 aliphatic rings. The van der Waals surface area contributed by atoms with Crippen LogP contribution in [0, 0.1) is 5.41 Å². The van der Waals surface area contributed by atoms with E-state index < -0.39 is 17.4 Å². The third-order valence-corrected chi connectivity index (χ3v) is 4.31. The van der Waals surface area contributed by atoms with E-state index >= 15 is 0 Å². The summed E-state index contributed by atoms with van der Waals surface area (Å²) in [5.41, 5.74) is 11.0. The molecular weight excluding hydrogens is 300 g/mol. The van der Waals surface area contributed by atoms with Crippen LogP contribution >= 0.6 is 0 Å². The molecule has 1 fully saturated rings. The molecule has 3 amide bonds. The number of carboxylic acid groups (broad SMARTS) is 1. The fourth-order valence-electron chi connectivity index (χ4n) is 2.58. The summed E-state index contributed by atoms with van der Waals surface area (Å²) < 4.78 is 0. The standard InChI is InChI=1S/C15H20N4O4/c1-15(5-7-19(8-6-15)14(22)23)13(21)18-10-4-2-3-9(11(10)16)12(17)20/h2-4H,5-8,16H2,1H3,(H2,17,20)(H,18,21)(H,22,23). The highest BCUT2D eigenvalue weighted by atomic mass is 16.4. The number of para-hydroxylation sites is 1. The molecule has 0 unspecified atom stereocenters. The second-order valence-corrected chi connectivity index (χ2v) is 5.92. The van der Waals surface area contributed by atoms with Gasteiger partial charge in [0.15, 0.2) is 0 Å². The third kappa shape index (κ3) is 3.36. The SMILES string of the molecule is CC1(C(=O)Nc2cccc(C(N)=O)c2N)CCN(C(=O)O)CC1. The molecule has 23 heavy (non-hydrogen) atoms. The Kier molecular flexibility index (Phi) is 4.44. The van der Waals surface area contributed by atoms with Crippen LogP contribution in [-0.4, -0.2) is 41.0 Å². The minimum Gasteiger partial charge on any atom is -0.465 e. The summed E-state index contributed by atoms with van der Waals surface area (Å²) >= 11 is 0. The van der Waals surface area contributed by atoms with Crippen LogP contribution in [0.5, 0.6) is 0 Å². The summed E-state index contributed by atoms with van der Waals surface area (Å²) in [4.78, 5) is 36.1. The molecule has 0 bridgehead atoms. The van der Waals surface area contributed by atoms with E-state index in [9.17, 15) is 14.4 Å². The molecule has 6 N–H and O–H groups in total. The molecule has 0 radical (unpaired) electrons. The number of amides is 3. The van der Waals surface area contributed by atoms with E-state index in [0.29, 0.717) is 31.6 Å². The van der Waals surface area contributed by atoms with Crippen LogP contribution in [0.4, 0.5) is 16.2 Å². The number of carbonyl (C=O) groups excluding carboxylic acids is 2. The molecule has 8 nitrogen and oxygen atoms in total. The van der Waals surface area contributed by atoms with Gasteiger partial charge in [0.2, 0.25) is 5.91 Å². The highest BCUT2D eigenvalue weighted by Crippen LogP contribution is 2.33. The van der Waals surface area contributed by atoms with E-state index in [1.807, 2.05) is 0 Å². The Labute approximate surface area is 133 Å². The van der Waals surface area contributed by atoms with E-state index in [1.165, 1.54) is 11.0 Å². The first kappa shape index (κ1) is 16.6. The molecule has 8 heteroatoms. The van der Waals surface area contributed by atoms with Gasteiger partial charge in [0.25, 0.3) is 5.91 Å². The predicted molar refractivity (Wildman–Crippen MR) is 84.9 cm³/mol. The van der Waals surface area contributed by atoms with Gasteiger partial charge in [-0.2, -0.15) is 0 Å². The van der Waals surface area contributed by atoms with Gasteiger partial charge in [-0.3, -0.25) is 9.59 Å². The minimum atomic E-state index is -0.981. The van der Waals surface area contributed by atoms with E-state index in [-0.39, 0.29) is 17.2 Å². The number of carbonyl (C=O) groups is 3. The van der Waals surface area contributed by atoms with Gasteiger partial charge in [-0.05, 0) is 25.0 Å². The number of hydrogen-bond acceptors (Lipinski definition) is 4. The zero-order valence-corrected chi connectivity index (χ0v) is 12.8. The van der Waals surface area contributed by atoms with Crippen LogP contribution in [0.15, 0.2) is 18.2 Å². The van der Waals surface area contributed by atoms with Crippen molar-refractivity contribution >= 4 is 29.3 Å². The van der Waals surface area contributed by atoms with Crippen LogP contribution in [-0.2, 0) is 4.79 Å². The Morgan fingerprint density at radius 1 is 1.26 bits per heavy atom. The topological polar surface area (TPSA) is 139 Å². The summed E-state index contributed by atoms with van der Waals surface area (Å²) in [7, 11) is 0. The Morgan fingerprint density at radius 3 is 2.39 bits per heavy atom. The lowest BCUT2D eigenvalue weighted by molar-refractivity contribution is -0.127. The van der Waals surface area contributed by atoms with Crippen molar-refractivity contribution in [2.24, 2.45) is 11.1 Å². The Bertz CT molecular complexity index is 651. The Morgan fingerprint density at radius 2 is 1.87 bits per heavy atom. The molecule has 1 saturated heterocycles. The van der Waals surface area contributed by atoms with Gasteiger partial charge in [0, 0.05) is 13.1 Å². The molecule has 124 valence electrons. The molecule has 0 spiro atoms. The second kappa shape index (κ2) is 6.15. The van der Waals surface area contributed by atoms with Gasteiger partial charge in [0.05, 0.1) is 22.4 Å². The number of nitrogens with two attached hydrogens (primary N) is 2. The molecule has 2 rings (SSSR count). The molecule has 0 saturated carbocycles. The predicted octanol–water partition coefficient (Wildman–Crippen LogP) is 1.09. The zero-order valence-electron chi connectivity index (χ0n) is 12.8. The van der Waals surface area contributed by atoms with Crippen LogP contribution in [0.2, 0.25) is 0 Å². The average molecular weight is 320 g/mol. The second-order valence-electron chi connectivity index (χ2n) is 5.92. The lowest BCUT2D eigenvalue weighted by Gasteiger charge is -2.37. The summed E-state index contributed by atoms with van der Waals surface area (Å²) in [5, 5.41) is 11.7. The van der Waals surface area contributed by atoms with Crippen molar-refractivity contribution in [3.63, 3.8) is 0 Å². The highest BCUT2D eigenvalue weighted by molar-refractivity contribution is 6.04. The third-order valence-electron chi connectivity index (χ3n) is 4.31. The van der Waals surface area contributed by atoms with Crippen LogP contribution in [0.1, 0.15) is 30.1 Å². The number of nitrogens with zero attached hydrogens (tertiary/aromatic N) is 1. The number of hydrogen-bond donors (Lipinski definition) is 4. The first-order chi connectivity index (χ1) is 10.7. The summed E-state index contributed by atoms with van der Waals surface area (Å²) in [6.45, 7) is 2.39. The number of nitrogen functional groups attached to an aromatic ring is 1. The maximum atomic E-state index is 12.6. The van der Waals surface area contributed by atoms with Crippen molar-refractivity contribution in [2.75, 3.05) is 24.1 Å². The number of piperidine rings is 1. The number of primary amides is 1. The first-order valence-electron chi connectivity index (χ1n) is 7.22. The molecule has 1 aromatic carbocycles. The van der Waals surface area contributed by atoms with Crippen LogP contribution in [0.3, 0.4) is 0 Å².